The smallest absolute Gasteiger partial charge is 0.339 e. The average molecular weight is 681 g/mol. The second-order valence-electron chi connectivity index (χ2n) is 11.3. The molecule has 262 valence electrons. The molecule has 0 aliphatic carbocycles. The highest BCUT2D eigenvalue weighted by atomic mass is 16.6. The highest BCUT2D eigenvalue weighted by Crippen LogP contribution is 2.30. The van der Waals surface area contributed by atoms with Crippen LogP contribution in [-0.4, -0.2) is 72.2 Å². The fraction of sp³-hybridized carbons (Fsp3) is 0.275. The van der Waals surface area contributed by atoms with Crippen LogP contribution in [0.25, 0.3) is 0 Å². The van der Waals surface area contributed by atoms with E-state index in [1.165, 1.54) is 24.3 Å². The van der Waals surface area contributed by atoms with Crippen LogP contribution in [0, 0.1) is 0 Å². The maximum Gasteiger partial charge on any atom is 0.339 e. The normalized spacial score (nSPS) is 11.7. The Morgan fingerprint density at radius 1 is 0.620 bits per heavy atom. The summed E-state index contributed by atoms with van der Waals surface area (Å²) in [7, 11) is 0. The summed E-state index contributed by atoms with van der Waals surface area (Å²) in [6.07, 6.45) is 1.62. The van der Waals surface area contributed by atoms with Crippen LogP contribution in [0.5, 0.6) is 11.5 Å². The minimum atomic E-state index is -1.45. The number of phenols is 2. The number of esters is 1. The quantitative estimate of drug-likeness (QED) is 0.0480. The number of carbonyl (C=O) groups excluding carboxylic acids is 3. The van der Waals surface area contributed by atoms with Crippen molar-refractivity contribution in [3.63, 3.8) is 0 Å². The minimum absolute atomic E-state index is 0.0554. The Bertz CT molecular complexity index is 1830. The number of aromatic hydroxyl groups is 2. The maximum absolute atomic E-state index is 13.4. The number of ether oxygens (including phenoxy) is 2. The lowest BCUT2D eigenvalue weighted by atomic mass is 9.97. The van der Waals surface area contributed by atoms with Crippen molar-refractivity contribution in [3.05, 3.63) is 130 Å². The van der Waals surface area contributed by atoms with Crippen LogP contribution in [0.15, 0.2) is 97.1 Å². The molecule has 0 heterocycles. The number of anilines is 2. The Labute approximate surface area is 292 Å². The third-order valence-electron chi connectivity index (χ3n) is 8.40. The molecule has 50 heavy (non-hydrogen) atoms. The van der Waals surface area contributed by atoms with E-state index in [-0.39, 0.29) is 58.1 Å². The molecule has 10 heteroatoms. The van der Waals surface area contributed by atoms with E-state index in [9.17, 15) is 29.7 Å². The Morgan fingerprint density at radius 2 is 1.08 bits per heavy atom. The number of nitrogens with zero attached hydrogens (tertiary/aromatic N) is 2. The van der Waals surface area contributed by atoms with E-state index in [0.717, 1.165) is 37.6 Å². The molecule has 0 saturated carbocycles. The van der Waals surface area contributed by atoms with Gasteiger partial charge in [0, 0.05) is 66.4 Å². The monoisotopic (exact) mass is 680 g/mol. The highest BCUT2D eigenvalue weighted by Gasteiger charge is 2.23. The van der Waals surface area contributed by atoms with E-state index in [2.05, 4.69) is 4.90 Å². The number of aliphatic hydroxyl groups is 1. The lowest BCUT2D eigenvalue weighted by Gasteiger charge is -2.21. The zero-order valence-corrected chi connectivity index (χ0v) is 28.8. The van der Waals surface area contributed by atoms with Crippen LogP contribution >= 0.6 is 0 Å². The lowest BCUT2D eigenvalue weighted by molar-refractivity contribution is -0.0925. The van der Waals surface area contributed by atoms with Crippen LogP contribution in [0.2, 0.25) is 0 Å². The standard InChI is InChI=1S/C40H44N2O8/c1-5-41(6-2)27-19-21-33(35(43)25-27)37(45)29-15-9-11-17-31(29)39(47)49-23-13-14-24-50-40(48)32-18-12-10-16-30(32)38(46)34-22-20-28(26-36(34)44)42(7-3)8-4/h9-22,25-26,39,43-44,47H,5-8,23-24H2,1-4H3/b14-13+. The fourth-order valence-electron chi connectivity index (χ4n) is 5.64. The molecule has 4 aromatic rings. The topological polar surface area (TPSA) is 137 Å². The Kier molecular flexibility index (Phi) is 13.3. The van der Waals surface area contributed by atoms with Gasteiger partial charge in [0.05, 0.1) is 23.3 Å². The lowest BCUT2D eigenvalue weighted by Crippen LogP contribution is -2.21. The highest BCUT2D eigenvalue weighted by molar-refractivity contribution is 6.16. The molecule has 0 saturated heterocycles. The number of ketones is 2. The van der Waals surface area contributed by atoms with Crippen molar-refractivity contribution < 1.29 is 39.2 Å². The van der Waals surface area contributed by atoms with Crippen LogP contribution < -0.4 is 9.80 Å². The van der Waals surface area contributed by atoms with Gasteiger partial charge >= 0.3 is 5.97 Å². The van der Waals surface area contributed by atoms with Gasteiger partial charge in [-0.25, -0.2) is 4.79 Å². The minimum Gasteiger partial charge on any atom is -0.507 e. The Morgan fingerprint density at radius 3 is 1.60 bits per heavy atom. The van der Waals surface area contributed by atoms with Crippen molar-refractivity contribution in [1.82, 2.24) is 0 Å². The zero-order valence-electron chi connectivity index (χ0n) is 28.8. The Hall–Kier alpha value is -5.45. The Balaban J connectivity index is 1.35. The van der Waals surface area contributed by atoms with Crippen LogP contribution in [0.4, 0.5) is 11.4 Å². The van der Waals surface area contributed by atoms with E-state index in [1.807, 2.05) is 32.6 Å². The molecule has 0 amide bonds. The second-order valence-corrected chi connectivity index (χ2v) is 11.3. The van der Waals surface area contributed by atoms with Crippen molar-refractivity contribution in [2.45, 2.75) is 34.0 Å². The molecule has 0 bridgehead atoms. The summed E-state index contributed by atoms with van der Waals surface area (Å²) in [4.78, 5) is 43.8. The summed E-state index contributed by atoms with van der Waals surface area (Å²) in [5.74, 6) is -2.02. The molecule has 10 nitrogen and oxygen atoms in total. The maximum atomic E-state index is 13.4. The number of rotatable bonds is 17. The molecule has 0 aliphatic rings. The molecule has 0 aliphatic heterocycles. The van der Waals surface area contributed by atoms with Crippen LogP contribution in [-0.2, 0) is 9.47 Å². The van der Waals surface area contributed by atoms with Crippen molar-refractivity contribution in [1.29, 1.82) is 0 Å². The van der Waals surface area contributed by atoms with Gasteiger partial charge in [-0.3, -0.25) is 9.59 Å². The number of aliphatic hydroxyl groups excluding tert-OH is 1. The van der Waals surface area contributed by atoms with Gasteiger partial charge in [-0.05, 0) is 64.1 Å². The van der Waals surface area contributed by atoms with E-state index < -0.39 is 23.8 Å². The first-order valence-electron chi connectivity index (χ1n) is 16.7. The molecule has 1 unspecified atom stereocenters. The van der Waals surface area contributed by atoms with Gasteiger partial charge in [-0.1, -0.05) is 48.5 Å². The first-order chi connectivity index (χ1) is 24.1. The van der Waals surface area contributed by atoms with Gasteiger partial charge < -0.3 is 34.6 Å². The van der Waals surface area contributed by atoms with E-state index in [4.69, 9.17) is 9.47 Å². The predicted molar refractivity (Wildman–Crippen MR) is 193 cm³/mol. The summed E-state index contributed by atoms with van der Waals surface area (Å²) >= 11 is 0. The molecule has 0 spiro atoms. The van der Waals surface area contributed by atoms with Crippen molar-refractivity contribution >= 4 is 28.9 Å². The third kappa shape index (κ3) is 8.76. The average Bonchev–Trinajstić information content (AvgIpc) is 3.13. The van der Waals surface area contributed by atoms with Gasteiger partial charge in [0.2, 0.25) is 0 Å². The third-order valence-corrected chi connectivity index (χ3v) is 8.40. The van der Waals surface area contributed by atoms with Gasteiger partial charge in [-0.15, -0.1) is 0 Å². The molecule has 1 atom stereocenters. The predicted octanol–water partition coefficient (Wildman–Crippen LogP) is 6.67. The molecule has 0 aromatic heterocycles. The van der Waals surface area contributed by atoms with Crippen molar-refractivity contribution in [2.75, 3.05) is 49.2 Å². The van der Waals surface area contributed by atoms with Gasteiger partial charge in [-0.2, -0.15) is 0 Å². The number of carbonyl (C=O) groups is 3. The number of hydrogen-bond donors (Lipinski definition) is 3. The molecule has 0 radical (unpaired) electrons. The number of benzene rings is 4. The van der Waals surface area contributed by atoms with Crippen LogP contribution in [0.3, 0.4) is 0 Å². The molecular formula is C40H44N2O8. The molecular weight excluding hydrogens is 636 g/mol. The SMILES string of the molecule is CCN(CC)c1ccc(C(=O)c2ccccc2C(=O)OC/C=C/COC(O)c2ccccc2C(=O)c2ccc(N(CC)CC)cc2O)c(O)c1. The summed E-state index contributed by atoms with van der Waals surface area (Å²) in [5.41, 5.74) is 2.34. The van der Waals surface area contributed by atoms with Crippen LogP contribution in [0.1, 0.15) is 81.7 Å². The fourth-order valence-corrected chi connectivity index (χ4v) is 5.64. The zero-order chi connectivity index (χ0) is 36.2. The summed E-state index contributed by atoms with van der Waals surface area (Å²) in [5, 5.41) is 32.1. The van der Waals surface area contributed by atoms with E-state index >= 15 is 0 Å². The first-order valence-corrected chi connectivity index (χ1v) is 16.7. The van der Waals surface area contributed by atoms with E-state index in [1.54, 1.807) is 72.8 Å². The number of phenolic OH excluding ortho intramolecular Hbond substituents is 2. The molecule has 0 fully saturated rings. The summed E-state index contributed by atoms with van der Waals surface area (Å²) < 4.78 is 10.9. The molecule has 4 aromatic carbocycles. The van der Waals surface area contributed by atoms with Gasteiger partial charge in [0.15, 0.2) is 17.9 Å². The van der Waals surface area contributed by atoms with E-state index in [0.29, 0.717) is 0 Å². The van der Waals surface area contributed by atoms with Crippen molar-refractivity contribution in [2.24, 2.45) is 0 Å². The number of hydrogen-bond acceptors (Lipinski definition) is 10. The molecule has 3 N–H and O–H groups in total. The van der Waals surface area contributed by atoms with Gasteiger partial charge in [0.1, 0.15) is 18.1 Å². The van der Waals surface area contributed by atoms with Crippen molar-refractivity contribution in [3.8, 4) is 11.5 Å². The summed E-state index contributed by atoms with van der Waals surface area (Å²) in [6, 6.07) is 22.5. The first kappa shape index (κ1) is 37.4. The summed E-state index contributed by atoms with van der Waals surface area (Å²) in [6.45, 7) is 10.8. The second kappa shape index (κ2) is 17.8. The van der Waals surface area contributed by atoms with Gasteiger partial charge in [0.25, 0.3) is 0 Å². The molecule has 4 rings (SSSR count). The largest absolute Gasteiger partial charge is 0.507 e.